The molecule has 1 aromatic carbocycles. The predicted octanol–water partition coefficient (Wildman–Crippen LogP) is 5.51. The van der Waals surface area contributed by atoms with Crippen molar-refractivity contribution in [2.24, 2.45) is 0 Å². The first-order valence-corrected chi connectivity index (χ1v) is 14.6. The number of piperazine rings is 1. The maximum Gasteiger partial charge on any atom is 0.355 e. The average Bonchev–Trinajstić information content (AvgIpc) is 3.82. The van der Waals surface area contributed by atoms with Crippen LogP contribution in [0.5, 0.6) is 0 Å². The van der Waals surface area contributed by atoms with E-state index in [0.29, 0.717) is 42.7 Å². The van der Waals surface area contributed by atoms with Gasteiger partial charge in [0.1, 0.15) is 11.6 Å². The van der Waals surface area contributed by atoms with Crippen LogP contribution in [0.1, 0.15) is 62.3 Å². The molecule has 216 valence electrons. The van der Waals surface area contributed by atoms with Crippen LogP contribution in [0.4, 0.5) is 10.2 Å². The molecule has 6 rings (SSSR count). The Morgan fingerprint density at radius 3 is 2.50 bits per heavy atom. The maximum absolute atomic E-state index is 14.1. The number of benzene rings is 1. The molecule has 1 saturated carbocycles. The first-order valence-electron chi connectivity index (χ1n) is 14.6. The highest BCUT2D eigenvalue weighted by atomic mass is 19.1. The topological polar surface area (TPSA) is 84.2 Å². The molecule has 1 amide bonds. The van der Waals surface area contributed by atoms with Crippen LogP contribution in [-0.4, -0.2) is 56.0 Å². The number of halogens is 1. The van der Waals surface area contributed by atoms with Gasteiger partial charge in [0.2, 0.25) is 5.91 Å². The third-order valence-electron chi connectivity index (χ3n) is 8.32. The SMILES string of the molecule is C=CC(=O)N1CCN(c2nc(=O)n(-c3c(C)ccnc3C(C)C)c3nc(-c4ccc(F)cc4)c(C4CC4)cc23)C(C)C1. The molecule has 1 unspecified atom stereocenters. The molecule has 42 heavy (non-hydrogen) atoms. The van der Waals surface area contributed by atoms with Crippen LogP contribution in [-0.2, 0) is 4.79 Å². The fourth-order valence-corrected chi connectivity index (χ4v) is 6.00. The number of carbonyl (C=O) groups excluding carboxylic acids is 1. The lowest BCUT2D eigenvalue weighted by atomic mass is 10.00. The van der Waals surface area contributed by atoms with Crippen LogP contribution in [0.2, 0.25) is 0 Å². The van der Waals surface area contributed by atoms with Crippen molar-refractivity contribution in [3.05, 3.63) is 88.4 Å². The summed E-state index contributed by atoms with van der Waals surface area (Å²) in [6.45, 7) is 13.2. The van der Waals surface area contributed by atoms with E-state index in [9.17, 15) is 14.0 Å². The second-order valence-electron chi connectivity index (χ2n) is 11.7. The number of amides is 1. The van der Waals surface area contributed by atoms with E-state index in [2.05, 4.69) is 36.4 Å². The van der Waals surface area contributed by atoms with Crippen LogP contribution >= 0.6 is 0 Å². The summed E-state index contributed by atoms with van der Waals surface area (Å²) in [5.74, 6) is 0.536. The highest BCUT2D eigenvalue weighted by molar-refractivity contribution is 5.92. The molecule has 0 radical (unpaired) electrons. The predicted molar refractivity (Wildman–Crippen MR) is 163 cm³/mol. The van der Waals surface area contributed by atoms with Gasteiger partial charge in [-0.25, -0.2) is 18.7 Å². The van der Waals surface area contributed by atoms with Crippen LogP contribution in [0.25, 0.3) is 28.0 Å². The highest BCUT2D eigenvalue weighted by Crippen LogP contribution is 2.46. The summed E-state index contributed by atoms with van der Waals surface area (Å²) in [6.07, 6.45) is 5.18. The Labute approximate surface area is 244 Å². The van der Waals surface area contributed by atoms with Gasteiger partial charge in [0, 0.05) is 37.4 Å². The summed E-state index contributed by atoms with van der Waals surface area (Å²) < 4.78 is 15.5. The Kier molecular flexibility index (Phi) is 7.12. The van der Waals surface area contributed by atoms with E-state index in [1.54, 1.807) is 27.8 Å². The van der Waals surface area contributed by atoms with Crippen molar-refractivity contribution in [3.63, 3.8) is 0 Å². The third-order valence-corrected chi connectivity index (χ3v) is 8.32. The molecular weight excluding hydrogens is 531 g/mol. The van der Waals surface area contributed by atoms with Crippen LogP contribution in [0.15, 0.2) is 60.0 Å². The monoisotopic (exact) mass is 566 g/mol. The number of anilines is 1. The maximum atomic E-state index is 14.1. The number of pyridine rings is 2. The smallest absolute Gasteiger partial charge is 0.350 e. The summed E-state index contributed by atoms with van der Waals surface area (Å²) in [6, 6.07) is 10.3. The van der Waals surface area contributed by atoms with E-state index in [1.807, 2.05) is 19.9 Å². The number of rotatable bonds is 6. The summed E-state index contributed by atoms with van der Waals surface area (Å²) in [4.78, 5) is 44.9. The van der Waals surface area contributed by atoms with Crippen molar-refractivity contribution in [2.45, 2.75) is 58.4 Å². The molecule has 8 nitrogen and oxygen atoms in total. The number of aromatic nitrogens is 4. The zero-order chi connectivity index (χ0) is 29.7. The minimum absolute atomic E-state index is 0.0549. The normalized spacial score (nSPS) is 17.2. The second kappa shape index (κ2) is 10.8. The molecule has 0 bridgehead atoms. The van der Waals surface area contributed by atoms with Crippen molar-refractivity contribution in [1.29, 1.82) is 0 Å². The number of hydrogen-bond donors (Lipinski definition) is 0. The van der Waals surface area contributed by atoms with Crippen LogP contribution in [0.3, 0.4) is 0 Å². The third kappa shape index (κ3) is 4.86. The summed E-state index contributed by atoms with van der Waals surface area (Å²) >= 11 is 0. The van der Waals surface area contributed by atoms with Gasteiger partial charge in [-0.05, 0) is 92.1 Å². The van der Waals surface area contributed by atoms with E-state index in [-0.39, 0.29) is 23.7 Å². The van der Waals surface area contributed by atoms with Crippen molar-refractivity contribution in [2.75, 3.05) is 24.5 Å². The molecule has 0 spiro atoms. The number of aryl methyl sites for hydroxylation is 1. The van der Waals surface area contributed by atoms with E-state index in [4.69, 9.17) is 9.97 Å². The van der Waals surface area contributed by atoms with Crippen molar-refractivity contribution < 1.29 is 9.18 Å². The summed E-state index contributed by atoms with van der Waals surface area (Å²) in [5, 5.41) is 0.774. The largest absolute Gasteiger partial charge is 0.355 e. The lowest BCUT2D eigenvalue weighted by molar-refractivity contribution is -0.126. The fraction of sp³-hybridized carbons (Fsp3) is 0.364. The van der Waals surface area contributed by atoms with E-state index >= 15 is 0 Å². The Bertz CT molecular complexity index is 1760. The van der Waals surface area contributed by atoms with E-state index in [0.717, 1.165) is 46.3 Å². The number of carbonyl (C=O) groups is 1. The first kappa shape index (κ1) is 27.8. The molecule has 2 aliphatic rings. The minimum atomic E-state index is -0.441. The molecule has 1 aliphatic heterocycles. The van der Waals surface area contributed by atoms with Gasteiger partial charge in [-0.3, -0.25) is 9.78 Å². The van der Waals surface area contributed by atoms with Crippen molar-refractivity contribution in [3.8, 4) is 16.9 Å². The summed E-state index contributed by atoms with van der Waals surface area (Å²) in [7, 11) is 0. The molecule has 1 aliphatic carbocycles. The molecule has 3 aromatic heterocycles. The van der Waals surface area contributed by atoms with E-state index in [1.165, 1.54) is 18.2 Å². The molecule has 9 heteroatoms. The van der Waals surface area contributed by atoms with Crippen molar-refractivity contribution >= 4 is 22.8 Å². The standard InChI is InChI=1S/C33H35FN6O2/c1-6-27(41)38-15-16-39(21(5)18-38)31-26-17-25(22-7-8-22)29(23-9-11-24(34)12-10-23)36-32(26)40(33(42)37-31)30-20(4)13-14-35-28(30)19(2)3/h6,9-14,17,19,21-22H,1,7-8,15-16,18H2,2-5H3. The Balaban J connectivity index is 1.64. The fourth-order valence-electron chi connectivity index (χ4n) is 6.00. The van der Waals surface area contributed by atoms with Gasteiger partial charge in [0.25, 0.3) is 0 Å². The van der Waals surface area contributed by atoms with Gasteiger partial charge in [0.05, 0.1) is 22.5 Å². The molecule has 1 atom stereocenters. The van der Waals surface area contributed by atoms with Crippen LogP contribution in [0, 0.1) is 12.7 Å². The number of nitrogens with zero attached hydrogens (tertiary/aromatic N) is 6. The van der Waals surface area contributed by atoms with Crippen LogP contribution < -0.4 is 10.6 Å². The lowest BCUT2D eigenvalue weighted by Crippen LogP contribution is -2.54. The van der Waals surface area contributed by atoms with Gasteiger partial charge in [0.15, 0.2) is 5.65 Å². The first-order chi connectivity index (χ1) is 20.2. The zero-order valence-corrected chi connectivity index (χ0v) is 24.5. The van der Waals surface area contributed by atoms with Gasteiger partial charge >= 0.3 is 5.69 Å². The molecule has 4 heterocycles. The molecule has 1 saturated heterocycles. The average molecular weight is 567 g/mol. The molecule has 0 N–H and O–H groups in total. The Morgan fingerprint density at radius 1 is 1.12 bits per heavy atom. The molecule has 4 aromatic rings. The second-order valence-corrected chi connectivity index (χ2v) is 11.7. The van der Waals surface area contributed by atoms with Gasteiger partial charge < -0.3 is 9.80 Å². The van der Waals surface area contributed by atoms with Crippen molar-refractivity contribution in [1.82, 2.24) is 24.4 Å². The number of hydrogen-bond acceptors (Lipinski definition) is 6. The molecule has 2 fully saturated rings. The Hall–Kier alpha value is -4.40. The Morgan fingerprint density at radius 2 is 1.86 bits per heavy atom. The number of fused-ring (bicyclic) bond motifs is 1. The van der Waals surface area contributed by atoms with Gasteiger partial charge in [-0.2, -0.15) is 4.98 Å². The lowest BCUT2D eigenvalue weighted by Gasteiger charge is -2.40. The summed E-state index contributed by atoms with van der Waals surface area (Å²) in [5.41, 5.74) is 5.04. The zero-order valence-electron chi connectivity index (χ0n) is 24.5. The van der Waals surface area contributed by atoms with E-state index < -0.39 is 5.69 Å². The minimum Gasteiger partial charge on any atom is -0.350 e. The van der Waals surface area contributed by atoms with Gasteiger partial charge in [-0.1, -0.05) is 20.4 Å². The van der Waals surface area contributed by atoms with Gasteiger partial charge in [-0.15, -0.1) is 0 Å². The highest BCUT2D eigenvalue weighted by Gasteiger charge is 2.33. The quantitative estimate of drug-likeness (QED) is 0.286. The molecular formula is C33H35FN6O2.